The van der Waals surface area contributed by atoms with Crippen LogP contribution in [0.15, 0.2) is 77.7 Å². The van der Waals surface area contributed by atoms with E-state index in [1.165, 1.54) is 67.8 Å². The molecule has 0 saturated carbocycles. The number of amides is 2. The van der Waals surface area contributed by atoms with E-state index in [4.69, 9.17) is 4.74 Å². The summed E-state index contributed by atoms with van der Waals surface area (Å²) in [5, 5.41) is 1.27. The van der Waals surface area contributed by atoms with E-state index in [0.717, 1.165) is 12.1 Å². The second-order valence-electron chi connectivity index (χ2n) is 7.73. The third kappa shape index (κ3) is 4.65. The highest BCUT2D eigenvalue weighted by Gasteiger charge is 2.58. The van der Waals surface area contributed by atoms with Gasteiger partial charge in [0, 0.05) is 6.42 Å². The summed E-state index contributed by atoms with van der Waals surface area (Å²) in [6, 6.07) is 16.4. The van der Waals surface area contributed by atoms with Crippen molar-refractivity contribution in [1.82, 2.24) is 5.32 Å². The van der Waals surface area contributed by atoms with Crippen molar-refractivity contribution < 1.29 is 35.9 Å². The minimum absolute atomic E-state index is 0.156. The van der Waals surface area contributed by atoms with Crippen LogP contribution in [0.25, 0.3) is 11.1 Å². The molecule has 1 heterocycles. The molecule has 35 heavy (non-hydrogen) atoms. The van der Waals surface area contributed by atoms with Crippen molar-refractivity contribution in [3.05, 3.63) is 83.9 Å². The molecule has 1 aliphatic rings. The fourth-order valence-electron chi connectivity index (χ4n) is 3.70. The van der Waals surface area contributed by atoms with Crippen molar-refractivity contribution in [1.29, 1.82) is 0 Å². The lowest BCUT2D eigenvalue weighted by Gasteiger charge is -2.24. The number of methoxy groups -OCH3 is 1. The van der Waals surface area contributed by atoms with Crippen molar-refractivity contribution >= 4 is 32.7 Å². The molecule has 0 spiro atoms. The number of carbonyl (C=O) groups is 2. The number of halogens is 3. The molecule has 0 aromatic heterocycles. The van der Waals surface area contributed by atoms with Crippen molar-refractivity contribution in [3.8, 4) is 16.9 Å². The van der Waals surface area contributed by atoms with Gasteiger partial charge in [0.2, 0.25) is 13.9 Å². The van der Waals surface area contributed by atoms with E-state index in [9.17, 15) is 31.2 Å². The van der Waals surface area contributed by atoms with Gasteiger partial charge in [0.25, 0.3) is 11.1 Å². The zero-order valence-electron chi connectivity index (χ0n) is 18.1. The van der Waals surface area contributed by atoms with Gasteiger partial charge in [-0.15, -0.1) is 0 Å². The molecule has 1 fully saturated rings. The van der Waals surface area contributed by atoms with Gasteiger partial charge < -0.3 is 4.74 Å². The van der Waals surface area contributed by atoms with Crippen LogP contribution >= 0.6 is 11.8 Å². The normalized spacial score (nSPS) is 18.4. The second kappa shape index (κ2) is 9.04. The number of alkyl halides is 3. The van der Waals surface area contributed by atoms with Gasteiger partial charge in [-0.2, -0.15) is 13.2 Å². The van der Waals surface area contributed by atoms with Crippen LogP contribution in [0.1, 0.15) is 11.1 Å². The Balaban J connectivity index is 1.69. The highest BCUT2D eigenvalue weighted by Crippen LogP contribution is 2.44. The first-order chi connectivity index (χ1) is 16.5. The topological polar surface area (TPSA) is 89.5 Å². The Morgan fingerprint density at radius 1 is 0.943 bits per heavy atom. The Morgan fingerprint density at radius 3 is 2.14 bits per heavy atom. The average molecular weight is 522 g/mol. The Morgan fingerprint density at radius 2 is 1.60 bits per heavy atom. The molecule has 0 radical (unpaired) electrons. The van der Waals surface area contributed by atoms with Gasteiger partial charge in [0.05, 0.1) is 17.6 Å². The average Bonchev–Trinajstić information content (AvgIpc) is 3.13. The van der Waals surface area contributed by atoms with E-state index in [2.05, 4.69) is 5.32 Å². The maximum atomic E-state index is 13.6. The summed E-state index contributed by atoms with van der Waals surface area (Å²) in [5.74, 6) is -0.534. The van der Waals surface area contributed by atoms with Gasteiger partial charge in [0.1, 0.15) is 5.75 Å². The maximum absolute atomic E-state index is 13.6. The Labute approximate surface area is 203 Å². The lowest BCUT2D eigenvalue weighted by Crippen LogP contribution is -2.45. The first-order valence-electron chi connectivity index (χ1n) is 10.2. The largest absolute Gasteiger partial charge is 0.497 e. The number of rotatable bonds is 6. The smallest absolute Gasteiger partial charge is 0.416 e. The molecule has 3 aromatic rings. The Bertz CT molecular complexity index is 1390. The second-order valence-corrected chi connectivity index (χ2v) is 11.4. The number of hydrogen-bond acceptors (Lipinski definition) is 6. The molecular weight excluding hydrogens is 503 g/mol. The monoisotopic (exact) mass is 521 g/mol. The fraction of sp³-hybridized carbons (Fsp3) is 0.167. The predicted molar refractivity (Wildman–Crippen MR) is 125 cm³/mol. The van der Waals surface area contributed by atoms with Gasteiger partial charge in [-0.05, 0) is 64.9 Å². The summed E-state index contributed by atoms with van der Waals surface area (Å²) in [5.41, 5.74) is 0.429. The van der Waals surface area contributed by atoms with Gasteiger partial charge in [-0.3, -0.25) is 14.9 Å². The number of imide groups is 1. The highest BCUT2D eigenvalue weighted by molar-refractivity contribution is 8.25. The maximum Gasteiger partial charge on any atom is 0.416 e. The lowest BCUT2D eigenvalue weighted by molar-refractivity contribution is -0.137. The summed E-state index contributed by atoms with van der Waals surface area (Å²) in [7, 11) is -2.92. The zero-order chi connectivity index (χ0) is 25.4. The summed E-state index contributed by atoms with van der Waals surface area (Å²) >= 11 is 0.389. The van der Waals surface area contributed by atoms with Crippen LogP contribution < -0.4 is 10.1 Å². The van der Waals surface area contributed by atoms with Crippen LogP contribution in [-0.2, 0) is 27.2 Å². The number of benzene rings is 3. The standard InChI is InChI=1S/C24H18F3NO5S2/c1-33-19-9-11-20(12-10-19)35(31,32)23(21(29)28-22(30)34-23)14-15-5-7-16(8-6-15)17-3-2-4-18(13-17)24(25,26)27/h2-13H,14H2,1H3,(H,28,29,30). The molecule has 11 heteroatoms. The van der Waals surface area contributed by atoms with Gasteiger partial charge in [-0.25, -0.2) is 8.42 Å². The van der Waals surface area contributed by atoms with Crippen LogP contribution in [0.4, 0.5) is 18.0 Å². The number of ether oxygens (including phenoxy) is 1. The summed E-state index contributed by atoms with van der Waals surface area (Å²) < 4.78 is 69.2. The SMILES string of the molecule is COc1ccc(S(=O)(=O)C2(Cc3ccc(-c4cccc(C(F)(F)F)c4)cc3)SC(=O)NC2=O)cc1. The highest BCUT2D eigenvalue weighted by atomic mass is 32.3. The first-order valence-corrected chi connectivity index (χ1v) is 12.5. The minimum atomic E-state index is -4.49. The predicted octanol–water partition coefficient (Wildman–Crippen LogP) is 5.08. The van der Waals surface area contributed by atoms with Gasteiger partial charge in [0.15, 0.2) is 0 Å². The molecule has 1 saturated heterocycles. The number of hydrogen-bond donors (Lipinski definition) is 1. The van der Waals surface area contributed by atoms with Gasteiger partial charge >= 0.3 is 6.18 Å². The quantitative estimate of drug-likeness (QED) is 0.487. The number of thioether (sulfide) groups is 1. The summed E-state index contributed by atoms with van der Waals surface area (Å²) in [4.78, 5) is 24.7. The summed E-state index contributed by atoms with van der Waals surface area (Å²) in [6.45, 7) is 0. The van der Waals surface area contributed by atoms with E-state index >= 15 is 0 Å². The molecular formula is C24H18F3NO5S2. The summed E-state index contributed by atoms with van der Waals surface area (Å²) in [6.07, 6.45) is -4.82. The third-order valence-electron chi connectivity index (χ3n) is 5.54. The molecule has 6 nitrogen and oxygen atoms in total. The molecule has 3 aromatic carbocycles. The molecule has 1 aliphatic heterocycles. The third-order valence-corrected chi connectivity index (χ3v) is 9.48. The van der Waals surface area contributed by atoms with Crippen molar-refractivity contribution in [2.24, 2.45) is 0 Å². The van der Waals surface area contributed by atoms with Crippen molar-refractivity contribution in [2.75, 3.05) is 7.11 Å². The molecule has 0 bridgehead atoms. The van der Waals surface area contributed by atoms with Crippen LogP contribution in [-0.4, -0.2) is 30.8 Å². The Hall–Kier alpha value is -3.31. The van der Waals surface area contributed by atoms with E-state index < -0.39 is 36.8 Å². The zero-order valence-corrected chi connectivity index (χ0v) is 19.8. The first kappa shape index (κ1) is 24.8. The lowest BCUT2D eigenvalue weighted by atomic mass is 10.00. The number of sulfone groups is 1. The number of carbonyl (C=O) groups excluding carboxylic acids is 2. The van der Waals surface area contributed by atoms with Crippen LogP contribution in [0.5, 0.6) is 5.75 Å². The van der Waals surface area contributed by atoms with E-state index in [1.54, 1.807) is 0 Å². The molecule has 0 aliphatic carbocycles. The molecule has 1 atom stereocenters. The van der Waals surface area contributed by atoms with Gasteiger partial charge in [-0.1, -0.05) is 36.4 Å². The molecule has 1 N–H and O–H groups in total. The molecule has 1 unspecified atom stereocenters. The van der Waals surface area contributed by atoms with E-state index in [0.29, 0.717) is 34.2 Å². The molecule has 2 amide bonds. The van der Waals surface area contributed by atoms with Crippen LogP contribution in [0.2, 0.25) is 0 Å². The minimum Gasteiger partial charge on any atom is -0.497 e. The van der Waals surface area contributed by atoms with E-state index in [1.807, 2.05) is 0 Å². The van der Waals surface area contributed by atoms with Crippen molar-refractivity contribution in [3.63, 3.8) is 0 Å². The van der Waals surface area contributed by atoms with Crippen molar-refractivity contribution in [2.45, 2.75) is 21.6 Å². The molecule has 182 valence electrons. The molecule has 4 rings (SSSR count). The van der Waals surface area contributed by atoms with E-state index in [-0.39, 0.29) is 11.3 Å². The fourth-order valence-corrected chi connectivity index (χ4v) is 7.01. The number of nitrogens with one attached hydrogen (secondary N) is 1. The Kier molecular flexibility index (Phi) is 6.41. The van der Waals surface area contributed by atoms with Crippen LogP contribution in [0, 0.1) is 0 Å². The van der Waals surface area contributed by atoms with Crippen LogP contribution in [0.3, 0.4) is 0 Å².